The highest BCUT2D eigenvalue weighted by atomic mass is 15.3. The second kappa shape index (κ2) is 5.23. The van der Waals surface area contributed by atoms with E-state index in [1.807, 2.05) is 26.4 Å². The Morgan fingerprint density at radius 1 is 1.35 bits per heavy atom. The number of rotatable bonds is 4. The Hall–Kier alpha value is -1.49. The molecule has 1 atom stereocenters. The summed E-state index contributed by atoms with van der Waals surface area (Å²) >= 11 is 0. The maximum absolute atomic E-state index is 5.60. The summed E-state index contributed by atoms with van der Waals surface area (Å²) in [7, 11) is 4.06. The van der Waals surface area contributed by atoms with Gasteiger partial charge in [-0.1, -0.05) is 18.2 Å². The smallest absolute Gasteiger partial charge is 0.0705 e. The van der Waals surface area contributed by atoms with Crippen molar-refractivity contribution in [2.24, 2.45) is 5.84 Å². The molecule has 0 spiro atoms. The van der Waals surface area contributed by atoms with Gasteiger partial charge in [-0.3, -0.25) is 16.3 Å². The van der Waals surface area contributed by atoms with E-state index in [9.17, 15) is 0 Å². The van der Waals surface area contributed by atoms with Crippen LogP contribution in [0.3, 0.4) is 0 Å². The second-order valence-electron chi connectivity index (χ2n) is 4.44. The SMILES string of the molecule is CN(C)CC(NN)c1ccc2cccnc2c1. The number of likely N-dealkylation sites (N-methyl/N-ethyl adjacent to an activating group) is 1. The molecule has 2 rings (SSSR count). The van der Waals surface area contributed by atoms with Crippen LogP contribution >= 0.6 is 0 Å². The van der Waals surface area contributed by atoms with E-state index < -0.39 is 0 Å². The summed E-state index contributed by atoms with van der Waals surface area (Å²) < 4.78 is 0. The average molecular weight is 230 g/mol. The largest absolute Gasteiger partial charge is 0.307 e. The quantitative estimate of drug-likeness (QED) is 0.614. The highest BCUT2D eigenvalue weighted by Crippen LogP contribution is 2.18. The Morgan fingerprint density at radius 3 is 2.88 bits per heavy atom. The summed E-state index contributed by atoms with van der Waals surface area (Å²) in [5.74, 6) is 5.60. The molecule has 2 aromatic rings. The number of nitrogens with one attached hydrogen (secondary N) is 1. The Kier molecular flexibility index (Phi) is 3.68. The second-order valence-corrected chi connectivity index (χ2v) is 4.44. The fourth-order valence-electron chi connectivity index (χ4n) is 1.92. The van der Waals surface area contributed by atoms with Crippen LogP contribution in [0, 0.1) is 0 Å². The van der Waals surface area contributed by atoms with Crippen molar-refractivity contribution in [1.29, 1.82) is 0 Å². The number of hydrogen-bond donors (Lipinski definition) is 2. The van der Waals surface area contributed by atoms with E-state index in [-0.39, 0.29) is 6.04 Å². The number of benzene rings is 1. The molecule has 4 nitrogen and oxygen atoms in total. The normalized spacial score (nSPS) is 13.2. The fraction of sp³-hybridized carbons (Fsp3) is 0.308. The number of nitrogens with zero attached hydrogens (tertiary/aromatic N) is 2. The third-order valence-electron chi connectivity index (χ3n) is 2.78. The molecular formula is C13H18N4. The number of hydrogen-bond acceptors (Lipinski definition) is 4. The lowest BCUT2D eigenvalue weighted by Crippen LogP contribution is -2.35. The predicted octanol–water partition coefficient (Wildman–Crippen LogP) is 1.30. The molecule has 3 N–H and O–H groups in total. The van der Waals surface area contributed by atoms with Crippen molar-refractivity contribution in [3.05, 3.63) is 42.1 Å². The number of hydrazine groups is 1. The summed E-state index contributed by atoms with van der Waals surface area (Å²) in [4.78, 5) is 6.46. The zero-order valence-corrected chi connectivity index (χ0v) is 10.2. The van der Waals surface area contributed by atoms with E-state index in [0.29, 0.717) is 0 Å². The minimum absolute atomic E-state index is 0.122. The first-order chi connectivity index (χ1) is 8.20. The highest BCUT2D eigenvalue weighted by molar-refractivity contribution is 5.78. The summed E-state index contributed by atoms with van der Waals surface area (Å²) in [5.41, 5.74) is 5.01. The monoisotopic (exact) mass is 230 g/mol. The molecule has 0 saturated heterocycles. The third kappa shape index (κ3) is 2.79. The van der Waals surface area contributed by atoms with Crippen molar-refractivity contribution in [3.63, 3.8) is 0 Å². The molecule has 0 fully saturated rings. The minimum Gasteiger partial charge on any atom is -0.307 e. The van der Waals surface area contributed by atoms with Gasteiger partial charge in [0.25, 0.3) is 0 Å². The van der Waals surface area contributed by atoms with Gasteiger partial charge < -0.3 is 4.90 Å². The molecule has 0 radical (unpaired) electrons. The minimum atomic E-state index is 0.122. The van der Waals surface area contributed by atoms with E-state index in [1.165, 1.54) is 0 Å². The van der Waals surface area contributed by atoms with Crippen molar-refractivity contribution in [1.82, 2.24) is 15.3 Å². The molecule has 0 aliphatic rings. The van der Waals surface area contributed by atoms with Crippen LogP contribution in [-0.2, 0) is 0 Å². The van der Waals surface area contributed by atoms with Crippen LogP contribution in [0.5, 0.6) is 0 Å². The van der Waals surface area contributed by atoms with E-state index in [2.05, 4.69) is 39.6 Å². The lowest BCUT2D eigenvalue weighted by Gasteiger charge is -2.20. The predicted molar refractivity (Wildman–Crippen MR) is 70.4 cm³/mol. The van der Waals surface area contributed by atoms with Crippen LogP contribution in [0.25, 0.3) is 10.9 Å². The van der Waals surface area contributed by atoms with Crippen molar-refractivity contribution < 1.29 is 0 Å². The zero-order valence-electron chi connectivity index (χ0n) is 10.2. The van der Waals surface area contributed by atoms with Gasteiger partial charge >= 0.3 is 0 Å². The fourth-order valence-corrected chi connectivity index (χ4v) is 1.92. The maximum atomic E-state index is 5.60. The van der Waals surface area contributed by atoms with E-state index in [4.69, 9.17) is 5.84 Å². The van der Waals surface area contributed by atoms with Crippen LogP contribution in [-0.4, -0.2) is 30.5 Å². The maximum Gasteiger partial charge on any atom is 0.0705 e. The van der Waals surface area contributed by atoms with Gasteiger partial charge in [0.2, 0.25) is 0 Å². The molecule has 90 valence electrons. The van der Waals surface area contributed by atoms with Gasteiger partial charge in [0.05, 0.1) is 11.6 Å². The summed E-state index contributed by atoms with van der Waals surface area (Å²) in [5, 5.41) is 1.15. The molecule has 0 saturated carbocycles. The molecule has 1 aromatic heterocycles. The Labute approximate surface area is 101 Å². The lowest BCUT2D eigenvalue weighted by molar-refractivity contribution is 0.344. The molecule has 1 heterocycles. The molecule has 0 bridgehead atoms. The van der Waals surface area contributed by atoms with Crippen LogP contribution < -0.4 is 11.3 Å². The van der Waals surface area contributed by atoms with Gasteiger partial charge in [-0.05, 0) is 31.8 Å². The first-order valence-electron chi connectivity index (χ1n) is 5.66. The molecule has 4 heteroatoms. The summed E-state index contributed by atoms with van der Waals surface area (Å²) in [6.45, 7) is 0.856. The number of aromatic nitrogens is 1. The van der Waals surface area contributed by atoms with Gasteiger partial charge in [0, 0.05) is 18.1 Å². The number of pyridine rings is 1. The number of nitrogens with two attached hydrogens (primary N) is 1. The number of fused-ring (bicyclic) bond motifs is 1. The van der Waals surface area contributed by atoms with Crippen LogP contribution in [0.15, 0.2) is 36.5 Å². The first-order valence-corrected chi connectivity index (χ1v) is 5.66. The Bertz CT molecular complexity index is 495. The molecular weight excluding hydrogens is 212 g/mol. The molecule has 17 heavy (non-hydrogen) atoms. The van der Waals surface area contributed by atoms with Crippen molar-refractivity contribution in [2.45, 2.75) is 6.04 Å². The van der Waals surface area contributed by atoms with Crippen molar-refractivity contribution in [2.75, 3.05) is 20.6 Å². The molecule has 1 unspecified atom stereocenters. The molecule has 0 aliphatic heterocycles. The summed E-state index contributed by atoms with van der Waals surface area (Å²) in [6.07, 6.45) is 1.81. The molecule has 0 amide bonds. The van der Waals surface area contributed by atoms with Crippen LogP contribution in [0.4, 0.5) is 0 Å². The lowest BCUT2D eigenvalue weighted by atomic mass is 10.0. The van der Waals surface area contributed by atoms with Crippen LogP contribution in [0.1, 0.15) is 11.6 Å². The highest BCUT2D eigenvalue weighted by Gasteiger charge is 2.11. The topological polar surface area (TPSA) is 54.2 Å². The molecule has 1 aromatic carbocycles. The van der Waals surface area contributed by atoms with Gasteiger partial charge in [0.15, 0.2) is 0 Å². The Morgan fingerprint density at radius 2 is 2.18 bits per heavy atom. The van der Waals surface area contributed by atoms with E-state index in [1.54, 1.807) is 0 Å². The van der Waals surface area contributed by atoms with Crippen molar-refractivity contribution >= 4 is 10.9 Å². The first kappa shape index (κ1) is 12.0. The standard InChI is InChI=1S/C13H18N4/c1-17(2)9-13(16-14)11-6-5-10-4-3-7-15-12(10)8-11/h3-8,13,16H,9,14H2,1-2H3. The molecule has 0 aliphatic carbocycles. The Balaban J connectivity index is 2.34. The van der Waals surface area contributed by atoms with Gasteiger partial charge in [-0.2, -0.15) is 0 Å². The van der Waals surface area contributed by atoms with Gasteiger partial charge in [-0.25, -0.2) is 0 Å². The third-order valence-corrected chi connectivity index (χ3v) is 2.78. The van der Waals surface area contributed by atoms with Crippen molar-refractivity contribution in [3.8, 4) is 0 Å². The summed E-state index contributed by atoms with van der Waals surface area (Å²) in [6, 6.07) is 10.4. The van der Waals surface area contributed by atoms with E-state index >= 15 is 0 Å². The van der Waals surface area contributed by atoms with Gasteiger partial charge in [-0.15, -0.1) is 0 Å². The van der Waals surface area contributed by atoms with Crippen LogP contribution in [0.2, 0.25) is 0 Å². The van der Waals surface area contributed by atoms with Gasteiger partial charge in [0.1, 0.15) is 0 Å². The van der Waals surface area contributed by atoms with E-state index in [0.717, 1.165) is 23.0 Å². The average Bonchev–Trinajstić information content (AvgIpc) is 2.35. The zero-order chi connectivity index (χ0) is 12.3.